The number of halogens is 12. The molecule has 3 rings (SSSR count). The summed E-state index contributed by atoms with van der Waals surface area (Å²) in [6.07, 6.45) is -24.4. The monoisotopic (exact) mass is 753 g/mol. The smallest absolute Gasteiger partial charge is 0.192 e. The van der Waals surface area contributed by atoms with Crippen molar-refractivity contribution in [1.29, 1.82) is 47.4 Å². The SMILES string of the molecule is N#C/C(c1c(C#N)cc(C#N)c(C(F)(F)F)c1C(F)(F)F)=c1\cc(C#N)/c(=C(\C#N)c2c(C#N)cc(C#N)c(C(F)(F)F)c2C(F)(F)F)c(C#N)c1C#N. The van der Waals surface area contributed by atoms with Crippen molar-refractivity contribution in [3.8, 4) is 54.6 Å². The highest BCUT2D eigenvalue weighted by Gasteiger charge is 2.50. The number of hydrogen-bond acceptors (Lipinski definition) is 9. The van der Waals surface area contributed by atoms with Gasteiger partial charge in [-0.2, -0.15) is 100 Å². The third-order valence-electron chi connectivity index (χ3n) is 7.18. The van der Waals surface area contributed by atoms with Gasteiger partial charge >= 0.3 is 24.7 Å². The summed E-state index contributed by atoms with van der Waals surface area (Å²) in [5.41, 5.74) is -29.4. The third-order valence-corrected chi connectivity index (χ3v) is 7.18. The summed E-state index contributed by atoms with van der Waals surface area (Å²) in [5.74, 6) is 0. The first kappa shape index (κ1) is 40.4. The fourth-order valence-electron chi connectivity index (χ4n) is 5.34. The minimum absolute atomic E-state index is 0.00561. The maximum absolute atomic E-state index is 14.5. The van der Waals surface area contributed by atoms with Crippen molar-refractivity contribution in [2.75, 3.05) is 0 Å². The van der Waals surface area contributed by atoms with Gasteiger partial charge in [0.1, 0.15) is 24.3 Å². The Kier molecular flexibility index (Phi) is 10.4. The Morgan fingerprint density at radius 2 is 0.704 bits per heavy atom. The lowest BCUT2D eigenvalue weighted by Gasteiger charge is -2.22. The van der Waals surface area contributed by atoms with Gasteiger partial charge in [0.25, 0.3) is 0 Å². The van der Waals surface area contributed by atoms with Crippen molar-refractivity contribution in [2.45, 2.75) is 24.7 Å². The van der Waals surface area contributed by atoms with Gasteiger partial charge in [-0.1, -0.05) is 0 Å². The molecule has 0 aliphatic carbocycles. The Hall–Kier alpha value is -8.03. The maximum Gasteiger partial charge on any atom is 0.418 e. The zero-order chi connectivity index (χ0) is 41.3. The minimum Gasteiger partial charge on any atom is -0.192 e. The zero-order valence-corrected chi connectivity index (χ0v) is 25.3. The molecular formula is C33H3F12N9. The third kappa shape index (κ3) is 6.71. The molecule has 0 aromatic heterocycles. The zero-order valence-electron chi connectivity index (χ0n) is 25.3. The van der Waals surface area contributed by atoms with E-state index < -0.39 is 119 Å². The quantitative estimate of drug-likeness (QED) is 0.268. The summed E-state index contributed by atoms with van der Waals surface area (Å²) in [4.78, 5) is 0. The van der Waals surface area contributed by atoms with Crippen LogP contribution in [0.4, 0.5) is 52.7 Å². The van der Waals surface area contributed by atoms with E-state index in [-0.39, 0.29) is 18.2 Å². The molecule has 0 saturated heterocycles. The van der Waals surface area contributed by atoms with Crippen molar-refractivity contribution < 1.29 is 52.7 Å². The van der Waals surface area contributed by atoms with Gasteiger partial charge < -0.3 is 0 Å². The Labute approximate surface area is 291 Å². The van der Waals surface area contributed by atoms with Crippen LogP contribution in [0, 0.1) is 102 Å². The lowest BCUT2D eigenvalue weighted by Crippen LogP contribution is -2.29. The number of hydrogen-bond donors (Lipinski definition) is 0. The summed E-state index contributed by atoms with van der Waals surface area (Å²) in [6.45, 7) is 0. The topological polar surface area (TPSA) is 214 Å². The number of benzene rings is 3. The van der Waals surface area contributed by atoms with Gasteiger partial charge in [0.15, 0.2) is 0 Å². The summed E-state index contributed by atoms with van der Waals surface area (Å²) in [6, 6.07) is 9.30. The molecular weight excluding hydrogens is 750 g/mol. The normalized spacial score (nSPS) is 12.5. The van der Waals surface area contributed by atoms with Crippen LogP contribution in [0.2, 0.25) is 0 Å². The van der Waals surface area contributed by atoms with Crippen LogP contribution in [0.1, 0.15) is 72.3 Å². The summed E-state index contributed by atoms with van der Waals surface area (Å²) in [5, 5.41) is 85.0. The molecule has 0 radical (unpaired) electrons. The molecule has 0 atom stereocenters. The Bertz CT molecular complexity index is 2710. The number of nitrogens with zero attached hydrogens (tertiary/aromatic N) is 9. The molecule has 54 heavy (non-hydrogen) atoms. The highest BCUT2D eigenvalue weighted by atomic mass is 19.4. The predicted molar refractivity (Wildman–Crippen MR) is 148 cm³/mol. The number of alkyl halides is 12. The van der Waals surface area contributed by atoms with Crippen LogP contribution >= 0.6 is 0 Å². The van der Waals surface area contributed by atoms with Crippen molar-refractivity contribution in [2.24, 2.45) is 0 Å². The van der Waals surface area contributed by atoms with Crippen LogP contribution in [-0.4, -0.2) is 0 Å². The predicted octanol–water partition coefficient (Wildman–Crippen LogP) is 6.31. The second-order valence-electron chi connectivity index (χ2n) is 10.0. The average Bonchev–Trinajstić information content (AvgIpc) is 3.09. The van der Waals surface area contributed by atoms with E-state index in [9.17, 15) is 100 Å². The van der Waals surface area contributed by atoms with Crippen molar-refractivity contribution >= 4 is 11.1 Å². The van der Waals surface area contributed by atoms with E-state index in [0.717, 1.165) is 54.6 Å². The van der Waals surface area contributed by atoms with E-state index in [1.807, 2.05) is 0 Å². The van der Waals surface area contributed by atoms with Crippen LogP contribution in [-0.2, 0) is 24.7 Å². The van der Waals surface area contributed by atoms with Gasteiger partial charge in [0.2, 0.25) is 0 Å². The fourth-order valence-corrected chi connectivity index (χ4v) is 5.34. The van der Waals surface area contributed by atoms with Gasteiger partial charge in [0, 0.05) is 21.6 Å². The van der Waals surface area contributed by atoms with Gasteiger partial charge in [-0.3, -0.25) is 0 Å². The summed E-state index contributed by atoms with van der Waals surface area (Å²) >= 11 is 0. The standard InChI is InChI=1S/C33H3F12N9/c34-30(35,36)26-16(7-49)1-13(4-46)24(28(26)32(40,41)42)20(10-52)18-3-15(6-48)23(21(11-53)19(18)9-51)22(12-54)25-14(5-47)2-17(8-50)27(31(37,38)39)29(25)33(43,44)45/h1-3H/b20-18-,23-22-. The molecule has 0 aliphatic rings. The Balaban J connectivity index is 3.02. The molecule has 0 heterocycles. The molecule has 0 unspecified atom stereocenters. The molecule has 0 amide bonds. The van der Waals surface area contributed by atoms with E-state index in [0.29, 0.717) is 0 Å². The molecule has 0 N–H and O–H groups in total. The molecule has 3 aromatic carbocycles. The molecule has 0 spiro atoms. The average molecular weight is 753 g/mol. The fraction of sp³-hybridized carbons (Fsp3) is 0.121. The first-order chi connectivity index (χ1) is 25.0. The Morgan fingerprint density at radius 1 is 0.370 bits per heavy atom. The highest BCUT2D eigenvalue weighted by Crippen LogP contribution is 2.48. The second kappa shape index (κ2) is 13.9. The van der Waals surface area contributed by atoms with Gasteiger partial charge in [-0.25, -0.2) is 0 Å². The van der Waals surface area contributed by atoms with Crippen LogP contribution < -0.4 is 10.4 Å². The second-order valence-corrected chi connectivity index (χ2v) is 10.0. The van der Waals surface area contributed by atoms with E-state index >= 15 is 0 Å². The molecule has 9 nitrogen and oxygen atoms in total. The van der Waals surface area contributed by atoms with Crippen molar-refractivity contribution in [1.82, 2.24) is 0 Å². The number of rotatable bonds is 2. The van der Waals surface area contributed by atoms with Crippen LogP contribution in [0.25, 0.3) is 11.1 Å². The lowest BCUT2D eigenvalue weighted by molar-refractivity contribution is -0.162. The van der Waals surface area contributed by atoms with Crippen molar-refractivity contribution in [3.05, 3.63) is 101 Å². The van der Waals surface area contributed by atoms with E-state index in [1.165, 1.54) is 0 Å². The molecule has 0 saturated carbocycles. The van der Waals surface area contributed by atoms with Crippen LogP contribution in [0.15, 0.2) is 18.2 Å². The van der Waals surface area contributed by atoms with Gasteiger partial charge in [-0.15, -0.1) is 0 Å². The molecule has 0 bridgehead atoms. The van der Waals surface area contributed by atoms with Gasteiger partial charge in [-0.05, 0) is 18.2 Å². The molecule has 21 heteroatoms. The van der Waals surface area contributed by atoms with Crippen LogP contribution in [0.3, 0.4) is 0 Å². The minimum atomic E-state index is -6.19. The van der Waals surface area contributed by atoms with Crippen LogP contribution in [0.5, 0.6) is 0 Å². The first-order valence-corrected chi connectivity index (χ1v) is 13.3. The van der Waals surface area contributed by atoms with Crippen molar-refractivity contribution in [3.63, 3.8) is 0 Å². The Morgan fingerprint density at radius 3 is 0.981 bits per heavy atom. The molecule has 0 fully saturated rings. The van der Waals surface area contributed by atoms with E-state index in [2.05, 4.69) is 0 Å². The largest absolute Gasteiger partial charge is 0.418 e. The molecule has 264 valence electrons. The summed E-state index contributed by atoms with van der Waals surface area (Å²) in [7, 11) is 0. The first-order valence-electron chi connectivity index (χ1n) is 13.3. The molecule has 0 aliphatic heterocycles. The summed E-state index contributed by atoms with van der Waals surface area (Å²) < 4.78 is 171. The lowest BCUT2D eigenvalue weighted by atomic mass is 9.83. The maximum atomic E-state index is 14.5. The molecule has 3 aromatic rings. The van der Waals surface area contributed by atoms with E-state index in [4.69, 9.17) is 0 Å². The highest BCUT2D eigenvalue weighted by molar-refractivity contribution is 5.88. The number of nitriles is 9. The van der Waals surface area contributed by atoms with E-state index in [1.54, 1.807) is 0 Å². The van der Waals surface area contributed by atoms with Gasteiger partial charge in [0.05, 0.1) is 103 Å².